The van der Waals surface area contributed by atoms with Crippen molar-refractivity contribution in [1.29, 1.82) is 0 Å². The van der Waals surface area contributed by atoms with E-state index < -0.39 is 10.0 Å². The predicted molar refractivity (Wildman–Crippen MR) is 98.3 cm³/mol. The molecule has 0 unspecified atom stereocenters. The molecule has 0 aromatic heterocycles. The van der Waals surface area contributed by atoms with Crippen molar-refractivity contribution in [3.8, 4) is 0 Å². The Morgan fingerprint density at radius 3 is 2.48 bits per heavy atom. The SMILES string of the molecule is Cc1ccc2c(c1)CN(S(=O)(=O)Cc1ccc(F)cc1)CCC2(C)C. The Labute approximate surface area is 149 Å². The molecular formula is C20H24FNO2S. The number of sulfonamides is 1. The van der Waals surface area contributed by atoms with E-state index in [9.17, 15) is 12.8 Å². The van der Waals surface area contributed by atoms with Gasteiger partial charge >= 0.3 is 0 Å². The molecule has 0 saturated heterocycles. The molecule has 5 heteroatoms. The van der Waals surface area contributed by atoms with Crippen molar-refractivity contribution in [2.24, 2.45) is 0 Å². The van der Waals surface area contributed by atoms with Gasteiger partial charge in [-0.15, -0.1) is 0 Å². The molecule has 0 amide bonds. The second-order valence-electron chi connectivity index (χ2n) is 7.51. The van der Waals surface area contributed by atoms with Crippen LogP contribution in [-0.2, 0) is 27.7 Å². The lowest BCUT2D eigenvalue weighted by Crippen LogP contribution is -2.32. The number of benzene rings is 2. The highest BCUT2D eigenvalue weighted by Crippen LogP contribution is 2.35. The number of hydrogen-bond acceptors (Lipinski definition) is 2. The van der Waals surface area contributed by atoms with Crippen LogP contribution in [0, 0.1) is 12.7 Å². The monoisotopic (exact) mass is 361 g/mol. The number of nitrogens with zero attached hydrogens (tertiary/aromatic N) is 1. The Kier molecular flexibility index (Phi) is 4.73. The van der Waals surface area contributed by atoms with Crippen LogP contribution >= 0.6 is 0 Å². The fraction of sp³-hybridized carbons (Fsp3) is 0.400. The molecule has 1 aliphatic heterocycles. The number of hydrogen-bond donors (Lipinski definition) is 0. The van der Waals surface area contributed by atoms with Crippen LogP contribution in [0.25, 0.3) is 0 Å². The quantitative estimate of drug-likeness (QED) is 0.824. The van der Waals surface area contributed by atoms with Crippen LogP contribution in [-0.4, -0.2) is 19.3 Å². The van der Waals surface area contributed by atoms with Crippen molar-refractivity contribution in [3.05, 3.63) is 70.5 Å². The van der Waals surface area contributed by atoms with Crippen molar-refractivity contribution >= 4 is 10.0 Å². The highest BCUT2D eigenvalue weighted by atomic mass is 32.2. The maximum atomic E-state index is 13.1. The summed E-state index contributed by atoms with van der Waals surface area (Å²) in [5, 5.41) is 0. The molecule has 2 aromatic rings. The molecule has 134 valence electrons. The van der Waals surface area contributed by atoms with E-state index in [0.29, 0.717) is 18.7 Å². The second kappa shape index (κ2) is 6.54. The molecule has 0 bridgehead atoms. The number of fused-ring (bicyclic) bond motifs is 1. The molecule has 0 saturated carbocycles. The first-order chi connectivity index (χ1) is 11.7. The average Bonchev–Trinajstić information content (AvgIpc) is 2.66. The van der Waals surface area contributed by atoms with Crippen LogP contribution in [0.4, 0.5) is 4.39 Å². The van der Waals surface area contributed by atoms with Gasteiger partial charge < -0.3 is 0 Å². The zero-order valence-corrected chi connectivity index (χ0v) is 15.7. The first-order valence-corrected chi connectivity index (χ1v) is 10.1. The lowest BCUT2D eigenvalue weighted by Gasteiger charge is -2.25. The minimum absolute atomic E-state index is 0.0663. The van der Waals surface area contributed by atoms with Gasteiger partial charge in [-0.1, -0.05) is 49.7 Å². The molecule has 0 spiro atoms. The second-order valence-corrected chi connectivity index (χ2v) is 9.48. The zero-order chi connectivity index (χ0) is 18.2. The lowest BCUT2D eigenvalue weighted by atomic mass is 9.79. The number of aryl methyl sites for hydroxylation is 1. The van der Waals surface area contributed by atoms with Crippen LogP contribution in [0.15, 0.2) is 42.5 Å². The highest BCUT2D eigenvalue weighted by molar-refractivity contribution is 7.88. The standard InChI is InChI=1S/C20H24FNO2S/c1-15-4-9-19-17(12-15)13-22(11-10-20(19,2)3)25(23,24)14-16-5-7-18(21)8-6-16/h4-9,12H,10-11,13-14H2,1-3H3. The van der Waals surface area contributed by atoms with E-state index in [1.54, 1.807) is 4.31 Å². The first kappa shape index (κ1) is 18.1. The van der Waals surface area contributed by atoms with Crippen molar-refractivity contribution in [3.63, 3.8) is 0 Å². The van der Waals surface area contributed by atoms with Crippen LogP contribution < -0.4 is 0 Å². The van der Waals surface area contributed by atoms with Crippen LogP contribution in [0.2, 0.25) is 0 Å². The van der Waals surface area contributed by atoms with E-state index in [4.69, 9.17) is 0 Å². The van der Waals surface area contributed by atoms with E-state index in [-0.39, 0.29) is 17.0 Å². The molecule has 3 rings (SSSR count). The van der Waals surface area contributed by atoms with Gasteiger partial charge in [-0.3, -0.25) is 0 Å². The first-order valence-electron chi connectivity index (χ1n) is 8.50. The summed E-state index contributed by atoms with van der Waals surface area (Å²) < 4.78 is 40.5. The average molecular weight is 361 g/mol. The van der Waals surface area contributed by atoms with Gasteiger partial charge in [0.1, 0.15) is 5.82 Å². The minimum atomic E-state index is -3.47. The Morgan fingerprint density at radius 1 is 1.12 bits per heavy atom. The van der Waals surface area contributed by atoms with Gasteiger partial charge in [-0.2, -0.15) is 4.31 Å². The largest absolute Gasteiger partial charge is 0.218 e. The molecule has 0 N–H and O–H groups in total. The molecule has 3 nitrogen and oxygen atoms in total. The van der Waals surface area contributed by atoms with E-state index in [2.05, 4.69) is 32.0 Å². The van der Waals surface area contributed by atoms with Gasteiger partial charge in [0.25, 0.3) is 0 Å². The minimum Gasteiger partial charge on any atom is -0.212 e. The van der Waals surface area contributed by atoms with Crippen molar-refractivity contribution in [2.45, 2.75) is 44.9 Å². The topological polar surface area (TPSA) is 37.4 Å². The summed E-state index contributed by atoms with van der Waals surface area (Å²) >= 11 is 0. The van der Waals surface area contributed by atoms with Crippen LogP contribution in [0.5, 0.6) is 0 Å². The predicted octanol–water partition coefficient (Wildman–Crippen LogP) is 4.15. The number of rotatable bonds is 3. The summed E-state index contributed by atoms with van der Waals surface area (Å²) in [4.78, 5) is 0. The Bertz CT molecular complexity index is 873. The summed E-state index contributed by atoms with van der Waals surface area (Å²) in [6.07, 6.45) is 0.770. The van der Waals surface area contributed by atoms with Crippen molar-refractivity contribution in [1.82, 2.24) is 4.31 Å². The molecule has 25 heavy (non-hydrogen) atoms. The fourth-order valence-corrected chi connectivity index (χ4v) is 4.94. The van der Waals surface area contributed by atoms with E-state index in [0.717, 1.165) is 17.5 Å². The zero-order valence-electron chi connectivity index (χ0n) is 14.9. The maximum Gasteiger partial charge on any atom is 0.218 e. The fourth-order valence-electron chi connectivity index (χ4n) is 3.44. The third-order valence-corrected chi connectivity index (χ3v) is 6.78. The van der Waals surface area contributed by atoms with Crippen molar-refractivity contribution < 1.29 is 12.8 Å². The molecule has 0 fully saturated rings. The third-order valence-electron chi connectivity index (χ3n) is 4.98. The van der Waals surface area contributed by atoms with E-state index in [1.165, 1.54) is 29.8 Å². The van der Waals surface area contributed by atoms with Crippen LogP contribution in [0.1, 0.15) is 42.5 Å². The molecule has 2 aromatic carbocycles. The van der Waals surface area contributed by atoms with Gasteiger partial charge in [0, 0.05) is 13.1 Å². The Hall–Kier alpha value is -1.72. The van der Waals surface area contributed by atoms with Crippen LogP contribution in [0.3, 0.4) is 0 Å². The smallest absolute Gasteiger partial charge is 0.212 e. The van der Waals surface area contributed by atoms with Gasteiger partial charge in [-0.25, -0.2) is 12.8 Å². The third kappa shape index (κ3) is 3.93. The normalized spacial score (nSPS) is 17.8. The van der Waals surface area contributed by atoms with Gasteiger partial charge in [0.05, 0.1) is 5.75 Å². The Balaban J connectivity index is 1.91. The lowest BCUT2D eigenvalue weighted by molar-refractivity contribution is 0.374. The maximum absolute atomic E-state index is 13.1. The molecule has 0 radical (unpaired) electrons. The molecule has 0 atom stereocenters. The molecule has 0 aliphatic carbocycles. The summed E-state index contributed by atoms with van der Waals surface area (Å²) in [6.45, 7) is 7.23. The van der Waals surface area contributed by atoms with E-state index in [1.807, 2.05) is 6.92 Å². The van der Waals surface area contributed by atoms with Gasteiger partial charge in [-0.05, 0) is 47.6 Å². The highest BCUT2D eigenvalue weighted by Gasteiger charge is 2.33. The van der Waals surface area contributed by atoms with Gasteiger partial charge in [0.2, 0.25) is 10.0 Å². The molecule has 1 heterocycles. The molecule has 1 aliphatic rings. The Morgan fingerprint density at radius 2 is 1.80 bits per heavy atom. The molecular weight excluding hydrogens is 337 g/mol. The summed E-state index contributed by atoms with van der Waals surface area (Å²) in [5.41, 5.74) is 3.97. The summed E-state index contributed by atoms with van der Waals surface area (Å²) in [7, 11) is -3.47. The van der Waals surface area contributed by atoms with E-state index >= 15 is 0 Å². The number of halogens is 1. The van der Waals surface area contributed by atoms with Crippen molar-refractivity contribution in [2.75, 3.05) is 6.54 Å². The van der Waals surface area contributed by atoms with Gasteiger partial charge in [0.15, 0.2) is 0 Å². The summed E-state index contributed by atoms with van der Waals surface area (Å²) in [6, 6.07) is 12.0. The summed E-state index contributed by atoms with van der Waals surface area (Å²) in [5.74, 6) is -0.462.